The fourth-order valence-electron chi connectivity index (χ4n) is 3.70. The number of carbonyl (C=O) groups is 1. The molecule has 1 fully saturated rings. The van der Waals surface area contributed by atoms with Crippen LogP contribution in [0.25, 0.3) is 0 Å². The first-order chi connectivity index (χ1) is 16.8. The highest BCUT2D eigenvalue weighted by Gasteiger charge is 2.14. The lowest BCUT2D eigenvalue weighted by atomic mass is 10.2. The number of nitrogens with one attached hydrogen (secondary N) is 2. The number of nitrogens with two attached hydrogens (primary N) is 1. The topological polar surface area (TPSA) is 140 Å². The van der Waals surface area contributed by atoms with E-state index in [1.165, 1.54) is 31.2 Å². The Balaban J connectivity index is 1.42. The molecule has 10 nitrogen and oxygen atoms in total. The molecule has 4 rings (SSSR count). The number of amides is 1. The van der Waals surface area contributed by atoms with Crippen LogP contribution < -0.4 is 21.1 Å². The molecule has 0 atom stereocenters. The van der Waals surface area contributed by atoms with Gasteiger partial charge in [0.15, 0.2) is 9.84 Å². The largest absolute Gasteiger partial charge is 0.492 e. The Kier molecular flexibility index (Phi) is 7.47. The van der Waals surface area contributed by atoms with Gasteiger partial charge in [0.2, 0.25) is 5.95 Å². The number of rotatable bonds is 10. The molecule has 1 aliphatic rings. The van der Waals surface area contributed by atoms with Crippen LogP contribution in [0, 0.1) is 0 Å². The van der Waals surface area contributed by atoms with Crippen molar-refractivity contribution < 1.29 is 17.9 Å². The zero-order valence-electron chi connectivity index (χ0n) is 19.4. The van der Waals surface area contributed by atoms with Crippen molar-refractivity contribution in [1.29, 1.82) is 0 Å². The molecule has 0 saturated carbocycles. The van der Waals surface area contributed by atoms with Crippen molar-refractivity contribution in [2.45, 2.75) is 17.7 Å². The van der Waals surface area contributed by atoms with Gasteiger partial charge in [-0.3, -0.25) is 9.69 Å². The van der Waals surface area contributed by atoms with E-state index in [0.29, 0.717) is 12.3 Å². The van der Waals surface area contributed by atoms with Gasteiger partial charge in [0, 0.05) is 30.4 Å². The number of anilines is 4. The Morgan fingerprint density at radius 3 is 2.29 bits per heavy atom. The van der Waals surface area contributed by atoms with E-state index >= 15 is 0 Å². The third-order valence-electron chi connectivity index (χ3n) is 5.58. The van der Waals surface area contributed by atoms with Gasteiger partial charge in [-0.25, -0.2) is 13.4 Å². The van der Waals surface area contributed by atoms with Gasteiger partial charge < -0.3 is 21.1 Å². The van der Waals surface area contributed by atoms with Crippen LogP contribution in [-0.4, -0.2) is 61.7 Å². The Labute approximate surface area is 204 Å². The smallest absolute Gasteiger partial charge is 0.254 e. The summed E-state index contributed by atoms with van der Waals surface area (Å²) in [5, 5.41) is 6.10. The molecule has 2 aromatic carbocycles. The minimum Gasteiger partial charge on any atom is -0.492 e. The first kappa shape index (κ1) is 24.4. The number of primary amides is 1. The number of sulfone groups is 1. The van der Waals surface area contributed by atoms with Gasteiger partial charge in [0.1, 0.15) is 23.7 Å². The molecule has 35 heavy (non-hydrogen) atoms. The minimum absolute atomic E-state index is 0.101. The van der Waals surface area contributed by atoms with E-state index in [0.717, 1.165) is 37.3 Å². The summed E-state index contributed by atoms with van der Waals surface area (Å²) in [5.74, 6) is 0.541. The van der Waals surface area contributed by atoms with Crippen molar-refractivity contribution in [2.24, 2.45) is 5.73 Å². The minimum atomic E-state index is -3.32. The van der Waals surface area contributed by atoms with Crippen LogP contribution in [0.5, 0.6) is 5.75 Å². The summed E-state index contributed by atoms with van der Waals surface area (Å²) in [7, 11) is -3.32. The van der Waals surface area contributed by atoms with Crippen LogP contribution in [0.1, 0.15) is 23.2 Å². The van der Waals surface area contributed by atoms with Crippen LogP contribution in [-0.2, 0) is 9.84 Å². The quantitative estimate of drug-likeness (QED) is 0.386. The number of nitrogens with zero attached hydrogens (tertiary/aromatic N) is 3. The lowest BCUT2D eigenvalue weighted by Gasteiger charge is -2.15. The Morgan fingerprint density at radius 1 is 1.03 bits per heavy atom. The molecule has 0 aliphatic carbocycles. The lowest BCUT2D eigenvalue weighted by Crippen LogP contribution is -2.25. The molecule has 3 aromatic rings. The number of aromatic nitrogens is 2. The van der Waals surface area contributed by atoms with Crippen LogP contribution >= 0.6 is 0 Å². The Hall–Kier alpha value is -3.70. The highest BCUT2D eigenvalue weighted by atomic mass is 32.2. The summed E-state index contributed by atoms with van der Waals surface area (Å²) >= 11 is 0. The highest BCUT2D eigenvalue weighted by molar-refractivity contribution is 7.90. The average Bonchev–Trinajstić information content (AvgIpc) is 3.34. The molecule has 1 aliphatic heterocycles. The fourth-order valence-corrected chi connectivity index (χ4v) is 4.33. The van der Waals surface area contributed by atoms with Gasteiger partial charge in [-0.2, -0.15) is 4.98 Å². The van der Waals surface area contributed by atoms with E-state index < -0.39 is 15.7 Å². The van der Waals surface area contributed by atoms with Gasteiger partial charge in [0.25, 0.3) is 5.91 Å². The van der Waals surface area contributed by atoms with Crippen LogP contribution in [0.3, 0.4) is 0 Å². The monoisotopic (exact) mass is 496 g/mol. The summed E-state index contributed by atoms with van der Waals surface area (Å²) in [6.45, 7) is 3.85. The molecule has 1 aromatic heterocycles. The predicted molar refractivity (Wildman–Crippen MR) is 134 cm³/mol. The zero-order chi connectivity index (χ0) is 24.8. The molecule has 2 heterocycles. The molecule has 11 heteroatoms. The second-order valence-corrected chi connectivity index (χ2v) is 10.3. The average molecular weight is 497 g/mol. The SMILES string of the molecule is CS(=O)(=O)c1ccc(Nc2nc(Nc3ccc(OCCN4CCCC4)cc3)ncc2C(N)=O)cc1. The van der Waals surface area contributed by atoms with Gasteiger partial charge in [-0.05, 0) is 74.5 Å². The maximum absolute atomic E-state index is 11.9. The van der Waals surface area contributed by atoms with Crippen molar-refractivity contribution in [1.82, 2.24) is 14.9 Å². The first-order valence-corrected chi connectivity index (χ1v) is 13.1. The first-order valence-electron chi connectivity index (χ1n) is 11.2. The van der Waals surface area contributed by atoms with E-state index in [1.54, 1.807) is 12.1 Å². The number of benzene rings is 2. The standard InChI is InChI=1S/C24H28N6O4S/c1-35(32,33)20-10-6-17(7-11-20)27-23-21(22(25)31)16-26-24(29-23)28-18-4-8-19(9-5-18)34-15-14-30-12-2-3-13-30/h4-11,16H,2-3,12-15H2,1H3,(H2,25,31)(H2,26,27,28,29). The van der Waals surface area contributed by atoms with Crippen molar-refractivity contribution in [3.8, 4) is 5.75 Å². The number of hydrogen-bond acceptors (Lipinski definition) is 9. The molecule has 0 bridgehead atoms. The maximum Gasteiger partial charge on any atom is 0.254 e. The van der Waals surface area contributed by atoms with E-state index in [1.807, 2.05) is 24.3 Å². The molecule has 1 amide bonds. The van der Waals surface area contributed by atoms with Gasteiger partial charge in [0.05, 0.1) is 4.90 Å². The third-order valence-corrected chi connectivity index (χ3v) is 6.71. The summed E-state index contributed by atoms with van der Waals surface area (Å²) < 4.78 is 29.2. The maximum atomic E-state index is 11.9. The molecule has 0 radical (unpaired) electrons. The van der Waals surface area contributed by atoms with Crippen LogP contribution in [0.15, 0.2) is 59.6 Å². The number of carbonyl (C=O) groups excluding carboxylic acids is 1. The van der Waals surface area contributed by atoms with Gasteiger partial charge >= 0.3 is 0 Å². The molecule has 0 spiro atoms. The van der Waals surface area contributed by atoms with E-state index in [2.05, 4.69) is 25.5 Å². The summed E-state index contributed by atoms with van der Waals surface area (Å²) in [4.78, 5) is 23.0. The summed E-state index contributed by atoms with van der Waals surface area (Å²) in [6, 6.07) is 13.5. The molecule has 0 unspecified atom stereocenters. The molecular formula is C24H28N6O4S. The van der Waals surface area contributed by atoms with E-state index in [-0.39, 0.29) is 22.2 Å². The predicted octanol–water partition coefficient (Wildman–Crippen LogP) is 2.94. The highest BCUT2D eigenvalue weighted by Crippen LogP contribution is 2.23. The summed E-state index contributed by atoms with van der Waals surface area (Å²) in [5.41, 5.74) is 6.86. The second kappa shape index (κ2) is 10.7. The van der Waals surface area contributed by atoms with E-state index in [4.69, 9.17) is 10.5 Å². The van der Waals surface area contributed by atoms with Crippen LogP contribution in [0.4, 0.5) is 23.1 Å². The van der Waals surface area contributed by atoms with Crippen molar-refractivity contribution >= 4 is 38.9 Å². The van der Waals surface area contributed by atoms with Crippen molar-refractivity contribution in [2.75, 3.05) is 43.1 Å². The molecule has 4 N–H and O–H groups in total. The Morgan fingerprint density at radius 2 is 1.66 bits per heavy atom. The lowest BCUT2D eigenvalue weighted by molar-refractivity contribution is 0.100. The number of ether oxygens (including phenoxy) is 1. The van der Waals surface area contributed by atoms with Crippen molar-refractivity contribution in [3.05, 3.63) is 60.3 Å². The fraction of sp³-hybridized carbons (Fsp3) is 0.292. The zero-order valence-corrected chi connectivity index (χ0v) is 20.2. The van der Waals surface area contributed by atoms with Crippen LogP contribution in [0.2, 0.25) is 0 Å². The molecule has 1 saturated heterocycles. The molecular weight excluding hydrogens is 468 g/mol. The van der Waals surface area contributed by atoms with Crippen molar-refractivity contribution in [3.63, 3.8) is 0 Å². The number of hydrogen-bond donors (Lipinski definition) is 3. The second-order valence-electron chi connectivity index (χ2n) is 8.29. The summed E-state index contributed by atoms with van der Waals surface area (Å²) in [6.07, 6.45) is 4.99. The van der Waals surface area contributed by atoms with Gasteiger partial charge in [-0.15, -0.1) is 0 Å². The third kappa shape index (κ3) is 6.67. The normalized spacial score (nSPS) is 14.0. The van der Waals surface area contributed by atoms with E-state index in [9.17, 15) is 13.2 Å². The number of likely N-dealkylation sites (tertiary alicyclic amines) is 1. The van der Waals surface area contributed by atoms with Gasteiger partial charge in [-0.1, -0.05) is 0 Å². The Bertz CT molecular complexity index is 1270. The molecule has 184 valence electrons.